The van der Waals surface area contributed by atoms with E-state index in [-0.39, 0.29) is 24.6 Å². The fourth-order valence-electron chi connectivity index (χ4n) is 3.14. The van der Waals surface area contributed by atoms with Gasteiger partial charge in [0, 0.05) is 9.92 Å². The second kappa shape index (κ2) is 12.7. The Morgan fingerprint density at radius 2 is 1.54 bits per heavy atom. The van der Waals surface area contributed by atoms with Crippen LogP contribution in [-0.2, 0) is 14.8 Å². The van der Waals surface area contributed by atoms with Gasteiger partial charge in [0.2, 0.25) is 5.91 Å². The molecule has 3 rings (SSSR count). The second-order valence-electron chi connectivity index (χ2n) is 7.27. The Morgan fingerprint density at radius 3 is 2.14 bits per heavy atom. The highest BCUT2D eigenvalue weighted by Gasteiger charge is 2.27. The van der Waals surface area contributed by atoms with Gasteiger partial charge in [0.25, 0.3) is 10.0 Å². The molecule has 0 aromatic heterocycles. The van der Waals surface area contributed by atoms with Crippen LogP contribution in [0.15, 0.2) is 82.6 Å². The van der Waals surface area contributed by atoms with Crippen LogP contribution in [0.2, 0.25) is 5.02 Å². The summed E-state index contributed by atoms with van der Waals surface area (Å²) in [5.74, 6) is 0.778. The zero-order chi connectivity index (χ0) is 25.3. The number of sulfonamides is 1. The highest BCUT2D eigenvalue weighted by atomic mass is 35.5. The van der Waals surface area contributed by atoms with Crippen molar-refractivity contribution in [1.29, 1.82) is 0 Å². The number of carbonyl (C=O) groups is 1. The molecule has 35 heavy (non-hydrogen) atoms. The van der Waals surface area contributed by atoms with E-state index in [1.807, 2.05) is 13.2 Å². The minimum Gasteiger partial charge on any atom is -0.494 e. The Labute approximate surface area is 215 Å². The van der Waals surface area contributed by atoms with Crippen LogP contribution >= 0.6 is 23.4 Å². The van der Waals surface area contributed by atoms with Gasteiger partial charge in [-0.1, -0.05) is 11.6 Å². The Kier molecular flexibility index (Phi) is 9.71. The predicted octanol–water partition coefficient (Wildman–Crippen LogP) is 4.85. The van der Waals surface area contributed by atoms with Crippen molar-refractivity contribution in [3.05, 3.63) is 77.8 Å². The van der Waals surface area contributed by atoms with Gasteiger partial charge in [-0.05, 0) is 86.0 Å². The molecule has 0 aliphatic rings. The molecule has 3 aromatic rings. The molecule has 10 heteroatoms. The number of nitrogens with zero attached hydrogens (tertiary/aromatic N) is 1. The molecule has 1 amide bonds. The topological polar surface area (TPSA) is 84.9 Å². The van der Waals surface area contributed by atoms with Crippen molar-refractivity contribution >= 4 is 45.0 Å². The summed E-state index contributed by atoms with van der Waals surface area (Å²) in [4.78, 5) is 13.8. The van der Waals surface area contributed by atoms with E-state index < -0.39 is 15.9 Å². The number of thioether (sulfide) groups is 1. The summed E-state index contributed by atoms with van der Waals surface area (Å²) < 4.78 is 39.1. The second-order valence-corrected chi connectivity index (χ2v) is 10.4. The van der Waals surface area contributed by atoms with E-state index in [0.717, 1.165) is 9.20 Å². The summed E-state index contributed by atoms with van der Waals surface area (Å²) in [5.41, 5.74) is 0.356. The molecule has 0 fully saturated rings. The molecule has 0 spiro atoms. The minimum absolute atomic E-state index is 0.100. The maximum Gasteiger partial charge on any atom is 0.264 e. The van der Waals surface area contributed by atoms with E-state index in [2.05, 4.69) is 5.32 Å². The quantitative estimate of drug-likeness (QED) is 0.264. The van der Waals surface area contributed by atoms with Crippen LogP contribution in [-0.4, -0.2) is 46.9 Å². The van der Waals surface area contributed by atoms with Gasteiger partial charge in [-0.3, -0.25) is 9.10 Å². The van der Waals surface area contributed by atoms with Gasteiger partial charge in [0.15, 0.2) is 0 Å². The average molecular weight is 535 g/mol. The molecule has 0 aliphatic carbocycles. The number of benzene rings is 3. The smallest absolute Gasteiger partial charge is 0.264 e. The van der Waals surface area contributed by atoms with Gasteiger partial charge < -0.3 is 14.8 Å². The van der Waals surface area contributed by atoms with Crippen LogP contribution < -0.4 is 19.1 Å². The number of carbonyl (C=O) groups excluding carboxylic acids is 1. The number of amides is 1. The van der Waals surface area contributed by atoms with Crippen molar-refractivity contribution in [2.75, 3.05) is 36.9 Å². The van der Waals surface area contributed by atoms with Gasteiger partial charge in [0.05, 0.1) is 23.7 Å². The predicted molar refractivity (Wildman–Crippen MR) is 140 cm³/mol. The number of hydrogen-bond donors (Lipinski definition) is 1. The van der Waals surface area contributed by atoms with Crippen LogP contribution in [0, 0.1) is 0 Å². The van der Waals surface area contributed by atoms with Crippen LogP contribution in [0.4, 0.5) is 5.69 Å². The molecule has 3 aromatic carbocycles. The third kappa shape index (κ3) is 7.55. The summed E-state index contributed by atoms with van der Waals surface area (Å²) in [7, 11) is -4.00. The number of nitrogens with one attached hydrogen (secondary N) is 1. The number of halogens is 1. The summed E-state index contributed by atoms with van der Waals surface area (Å²) in [6.07, 6.45) is 1.91. The monoisotopic (exact) mass is 534 g/mol. The molecule has 0 heterocycles. The molecular formula is C25H27ClN2O5S2. The molecular weight excluding hydrogens is 508 g/mol. The third-order valence-electron chi connectivity index (χ3n) is 4.88. The van der Waals surface area contributed by atoms with E-state index in [1.165, 1.54) is 11.8 Å². The van der Waals surface area contributed by atoms with Crippen molar-refractivity contribution in [3.8, 4) is 11.5 Å². The van der Waals surface area contributed by atoms with Crippen molar-refractivity contribution in [2.24, 2.45) is 0 Å². The third-order valence-corrected chi connectivity index (χ3v) is 7.66. The highest BCUT2D eigenvalue weighted by Crippen LogP contribution is 2.27. The van der Waals surface area contributed by atoms with Crippen molar-refractivity contribution < 1.29 is 22.7 Å². The fraction of sp³-hybridized carbons (Fsp3) is 0.240. The highest BCUT2D eigenvalue weighted by molar-refractivity contribution is 7.98. The molecule has 0 atom stereocenters. The molecule has 0 aliphatic heterocycles. The van der Waals surface area contributed by atoms with E-state index in [4.69, 9.17) is 21.1 Å². The van der Waals surface area contributed by atoms with Gasteiger partial charge in [-0.25, -0.2) is 8.42 Å². The van der Waals surface area contributed by atoms with Crippen molar-refractivity contribution in [3.63, 3.8) is 0 Å². The Bertz CT molecular complexity index is 1200. The van der Waals surface area contributed by atoms with E-state index in [0.29, 0.717) is 28.8 Å². The number of anilines is 1. The number of rotatable bonds is 12. The van der Waals surface area contributed by atoms with Crippen molar-refractivity contribution in [2.45, 2.75) is 16.7 Å². The summed E-state index contributed by atoms with van der Waals surface area (Å²) in [5, 5.41) is 3.32. The lowest BCUT2D eigenvalue weighted by atomic mass is 10.3. The SMILES string of the molecule is CCOc1ccc(N(CC(=O)NCCOc2ccc(Cl)cc2)S(=O)(=O)c2ccc(SC)cc2)cc1. The fourth-order valence-corrected chi connectivity index (χ4v) is 5.10. The van der Waals surface area contributed by atoms with Gasteiger partial charge in [-0.15, -0.1) is 11.8 Å². The maximum absolute atomic E-state index is 13.5. The largest absolute Gasteiger partial charge is 0.494 e. The van der Waals surface area contributed by atoms with Crippen LogP contribution in [0.5, 0.6) is 11.5 Å². The summed E-state index contributed by atoms with van der Waals surface area (Å²) in [6, 6.07) is 20.0. The standard InChI is InChI=1S/C25H27ClN2O5S2/c1-3-32-21-10-6-20(7-11-21)28(35(30,31)24-14-12-23(34-2)13-15-24)18-25(29)27-16-17-33-22-8-4-19(26)5-9-22/h4-15H,3,16-18H2,1-2H3,(H,27,29). The zero-order valence-corrected chi connectivity index (χ0v) is 21.8. The van der Waals surface area contributed by atoms with Gasteiger partial charge in [-0.2, -0.15) is 0 Å². The molecule has 1 N–H and O–H groups in total. The summed E-state index contributed by atoms with van der Waals surface area (Å²) >= 11 is 7.37. The first-order chi connectivity index (χ1) is 16.8. The average Bonchev–Trinajstić information content (AvgIpc) is 2.87. The normalized spacial score (nSPS) is 11.1. The lowest BCUT2D eigenvalue weighted by Crippen LogP contribution is -2.41. The Balaban J connectivity index is 1.73. The number of hydrogen-bond acceptors (Lipinski definition) is 6. The summed E-state index contributed by atoms with van der Waals surface area (Å²) in [6.45, 7) is 2.40. The van der Waals surface area contributed by atoms with Crippen LogP contribution in [0.25, 0.3) is 0 Å². The molecule has 0 radical (unpaired) electrons. The lowest BCUT2D eigenvalue weighted by Gasteiger charge is -2.24. The zero-order valence-electron chi connectivity index (χ0n) is 19.4. The maximum atomic E-state index is 13.5. The molecule has 7 nitrogen and oxygen atoms in total. The Morgan fingerprint density at radius 1 is 0.943 bits per heavy atom. The van der Waals surface area contributed by atoms with E-state index in [1.54, 1.807) is 72.8 Å². The first-order valence-corrected chi connectivity index (χ1v) is 13.9. The minimum atomic E-state index is -4.00. The molecule has 0 saturated carbocycles. The molecule has 0 saturated heterocycles. The van der Waals surface area contributed by atoms with Gasteiger partial charge in [0.1, 0.15) is 24.7 Å². The Hall–Kier alpha value is -2.88. The first-order valence-electron chi connectivity index (χ1n) is 10.9. The van der Waals surface area contributed by atoms with Crippen LogP contribution in [0.1, 0.15) is 6.92 Å². The van der Waals surface area contributed by atoms with E-state index >= 15 is 0 Å². The molecule has 0 bridgehead atoms. The van der Waals surface area contributed by atoms with Crippen LogP contribution in [0.3, 0.4) is 0 Å². The first kappa shape index (κ1) is 26.7. The number of ether oxygens (including phenoxy) is 2. The van der Waals surface area contributed by atoms with Crippen molar-refractivity contribution in [1.82, 2.24) is 5.32 Å². The van der Waals surface area contributed by atoms with Gasteiger partial charge >= 0.3 is 0 Å². The van der Waals surface area contributed by atoms with E-state index in [9.17, 15) is 13.2 Å². The lowest BCUT2D eigenvalue weighted by molar-refractivity contribution is -0.119. The molecule has 0 unspecified atom stereocenters. The molecule has 186 valence electrons.